The summed E-state index contributed by atoms with van der Waals surface area (Å²) in [7, 11) is 1.35. The van der Waals surface area contributed by atoms with Crippen LogP contribution in [0.15, 0.2) is 36.5 Å². The highest BCUT2D eigenvalue weighted by Crippen LogP contribution is 2.35. The molecule has 1 aromatic carbocycles. The van der Waals surface area contributed by atoms with Crippen molar-refractivity contribution in [1.82, 2.24) is 4.98 Å². The number of aliphatic hydroxyl groups excluding tert-OH is 1. The van der Waals surface area contributed by atoms with Gasteiger partial charge in [0.25, 0.3) is 0 Å². The quantitative estimate of drug-likeness (QED) is 0.884. The molecular formula is C14H11F4NO2. The van der Waals surface area contributed by atoms with Crippen molar-refractivity contribution in [3.05, 3.63) is 59.2 Å². The molecule has 1 atom stereocenters. The van der Waals surface area contributed by atoms with E-state index in [4.69, 9.17) is 4.74 Å². The van der Waals surface area contributed by atoms with Crippen LogP contribution in [0.1, 0.15) is 22.9 Å². The van der Waals surface area contributed by atoms with E-state index in [0.717, 1.165) is 6.07 Å². The van der Waals surface area contributed by atoms with E-state index in [2.05, 4.69) is 4.98 Å². The van der Waals surface area contributed by atoms with Gasteiger partial charge in [-0.05, 0) is 29.8 Å². The number of aliphatic hydroxyl groups is 1. The first-order valence-electron chi connectivity index (χ1n) is 5.88. The highest BCUT2D eigenvalue weighted by atomic mass is 19.4. The highest BCUT2D eigenvalue weighted by Gasteiger charge is 2.35. The number of pyridine rings is 1. The molecule has 0 saturated heterocycles. The molecule has 1 heterocycles. The maximum atomic E-state index is 13.2. The predicted octanol–water partition coefficient (Wildman–Crippen LogP) is 3.33. The molecule has 2 aromatic rings. The molecule has 0 amide bonds. The summed E-state index contributed by atoms with van der Waals surface area (Å²) in [5.74, 6) is -1.17. The Morgan fingerprint density at radius 1 is 1.24 bits per heavy atom. The number of methoxy groups -OCH3 is 1. The van der Waals surface area contributed by atoms with Gasteiger partial charge in [-0.2, -0.15) is 13.2 Å². The number of ether oxygens (including phenoxy) is 1. The van der Waals surface area contributed by atoms with Gasteiger partial charge in [0.15, 0.2) is 0 Å². The van der Waals surface area contributed by atoms with Crippen LogP contribution in [0.3, 0.4) is 0 Å². The second kappa shape index (κ2) is 5.69. The summed E-state index contributed by atoms with van der Waals surface area (Å²) in [5.41, 5.74) is -1.51. The van der Waals surface area contributed by atoms with Gasteiger partial charge in [0.2, 0.25) is 0 Å². The minimum absolute atomic E-state index is 0.0553. The lowest BCUT2D eigenvalue weighted by molar-refractivity contribution is -0.140. The number of nitrogens with zero attached hydrogens (tertiary/aromatic N) is 1. The highest BCUT2D eigenvalue weighted by molar-refractivity contribution is 5.37. The normalized spacial score (nSPS) is 13.0. The fourth-order valence-corrected chi connectivity index (χ4v) is 1.87. The zero-order chi connectivity index (χ0) is 15.6. The van der Waals surface area contributed by atoms with Gasteiger partial charge < -0.3 is 9.84 Å². The number of aromatic nitrogens is 1. The van der Waals surface area contributed by atoms with Crippen LogP contribution < -0.4 is 4.74 Å². The van der Waals surface area contributed by atoms with Crippen molar-refractivity contribution < 1.29 is 27.4 Å². The summed E-state index contributed by atoms with van der Waals surface area (Å²) in [5, 5.41) is 10.2. The average Bonchev–Trinajstić information content (AvgIpc) is 2.45. The van der Waals surface area contributed by atoms with Crippen LogP contribution in [-0.2, 0) is 6.18 Å². The molecule has 1 N–H and O–H groups in total. The molecule has 0 aliphatic carbocycles. The largest absolute Gasteiger partial charge is 0.495 e. The van der Waals surface area contributed by atoms with E-state index in [9.17, 15) is 22.7 Å². The van der Waals surface area contributed by atoms with Gasteiger partial charge in [0.1, 0.15) is 23.4 Å². The van der Waals surface area contributed by atoms with Gasteiger partial charge in [0.05, 0.1) is 12.7 Å². The van der Waals surface area contributed by atoms with Crippen molar-refractivity contribution in [3.63, 3.8) is 0 Å². The van der Waals surface area contributed by atoms with Crippen molar-refractivity contribution in [2.75, 3.05) is 7.11 Å². The van der Waals surface area contributed by atoms with E-state index in [-0.39, 0.29) is 17.0 Å². The standard InChI is InChI=1S/C14H11F4NO2/c1-21-11-3-2-6-19-12(11)13(20)8-4-5-10(15)9(7-8)14(16,17)18/h2-7,13,20H,1H3. The van der Waals surface area contributed by atoms with Gasteiger partial charge in [-0.25, -0.2) is 4.39 Å². The van der Waals surface area contributed by atoms with Crippen molar-refractivity contribution in [2.24, 2.45) is 0 Å². The minimum atomic E-state index is -4.84. The molecule has 3 nitrogen and oxygen atoms in total. The number of rotatable bonds is 3. The zero-order valence-electron chi connectivity index (χ0n) is 10.9. The molecule has 0 saturated carbocycles. The number of hydrogen-bond donors (Lipinski definition) is 1. The molecule has 0 aliphatic rings. The molecular weight excluding hydrogens is 290 g/mol. The molecule has 0 bridgehead atoms. The fourth-order valence-electron chi connectivity index (χ4n) is 1.87. The fraction of sp³-hybridized carbons (Fsp3) is 0.214. The van der Waals surface area contributed by atoms with Crippen molar-refractivity contribution in [1.29, 1.82) is 0 Å². The Balaban J connectivity index is 2.47. The lowest BCUT2D eigenvalue weighted by Crippen LogP contribution is -2.11. The summed E-state index contributed by atoms with van der Waals surface area (Å²) >= 11 is 0. The van der Waals surface area contributed by atoms with Gasteiger partial charge in [-0.3, -0.25) is 4.98 Å². The van der Waals surface area contributed by atoms with E-state index in [0.29, 0.717) is 12.1 Å². The molecule has 7 heteroatoms. The Morgan fingerprint density at radius 3 is 2.57 bits per heavy atom. The lowest BCUT2D eigenvalue weighted by Gasteiger charge is -2.16. The maximum Gasteiger partial charge on any atom is 0.419 e. The summed E-state index contributed by atoms with van der Waals surface area (Å²) in [6.45, 7) is 0. The summed E-state index contributed by atoms with van der Waals surface area (Å²) < 4.78 is 56.3. The maximum absolute atomic E-state index is 13.2. The van der Waals surface area contributed by atoms with E-state index >= 15 is 0 Å². The van der Waals surface area contributed by atoms with E-state index in [1.807, 2.05) is 0 Å². The predicted molar refractivity (Wildman–Crippen MR) is 66.3 cm³/mol. The van der Waals surface area contributed by atoms with Crippen LogP contribution in [0.4, 0.5) is 17.6 Å². The Hall–Kier alpha value is -2.15. The second-order valence-electron chi connectivity index (χ2n) is 4.23. The third-order valence-corrected chi connectivity index (χ3v) is 2.89. The number of hydrogen-bond acceptors (Lipinski definition) is 3. The van der Waals surface area contributed by atoms with Crippen molar-refractivity contribution in [2.45, 2.75) is 12.3 Å². The van der Waals surface area contributed by atoms with Crippen LogP contribution in [0.25, 0.3) is 0 Å². The van der Waals surface area contributed by atoms with Gasteiger partial charge in [-0.1, -0.05) is 6.07 Å². The Labute approximate surface area is 117 Å². The van der Waals surface area contributed by atoms with Crippen LogP contribution in [-0.4, -0.2) is 17.2 Å². The number of halogens is 4. The van der Waals surface area contributed by atoms with Gasteiger partial charge in [-0.15, -0.1) is 0 Å². The Morgan fingerprint density at radius 2 is 1.95 bits per heavy atom. The zero-order valence-corrected chi connectivity index (χ0v) is 10.9. The van der Waals surface area contributed by atoms with E-state index < -0.39 is 23.7 Å². The topological polar surface area (TPSA) is 42.4 Å². The molecule has 1 unspecified atom stereocenters. The van der Waals surface area contributed by atoms with Crippen molar-refractivity contribution in [3.8, 4) is 5.75 Å². The third-order valence-electron chi connectivity index (χ3n) is 2.89. The first kappa shape index (κ1) is 15.2. The molecule has 1 aromatic heterocycles. The summed E-state index contributed by atoms with van der Waals surface area (Å²) in [6.07, 6.45) is -4.92. The second-order valence-corrected chi connectivity index (χ2v) is 4.23. The van der Waals surface area contributed by atoms with E-state index in [1.54, 1.807) is 6.07 Å². The monoisotopic (exact) mass is 301 g/mol. The third kappa shape index (κ3) is 3.13. The van der Waals surface area contributed by atoms with Gasteiger partial charge >= 0.3 is 6.18 Å². The van der Waals surface area contributed by atoms with E-state index in [1.165, 1.54) is 19.4 Å². The first-order chi connectivity index (χ1) is 9.84. The van der Waals surface area contributed by atoms with Crippen LogP contribution in [0.2, 0.25) is 0 Å². The average molecular weight is 301 g/mol. The Kier molecular flexibility index (Phi) is 4.13. The van der Waals surface area contributed by atoms with Crippen LogP contribution in [0.5, 0.6) is 5.75 Å². The van der Waals surface area contributed by atoms with Gasteiger partial charge in [0, 0.05) is 6.20 Å². The minimum Gasteiger partial charge on any atom is -0.495 e. The molecule has 21 heavy (non-hydrogen) atoms. The molecule has 2 rings (SSSR count). The van der Waals surface area contributed by atoms with Crippen molar-refractivity contribution >= 4 is 0 Å². The molecule has 112 valence electrons. The molecule has 0 radical (unpaired) electrons. The number of alkyl halides is 3. The van der Waals surface area contributed by atoms with Crippen LogP contribution in [0, 0.1) is 5.82 Å². The number of benzene rings is 1. The summed E-state index contributed by atoms with van der Waals surface area (Å²) in [6, 6.07) is 5.37. The summed E-state index contributed by atoms with van der Waals surface area (Å²) in [4.78, 5) is 3.89. The molecule has 0 aliphatic heterocycles. The molecule has 0 fully saturated rings. The molecule has 0 spiro atoms. The SMILES string of the molecule is COc1cccnc1C(O)c1ccc(F)c(C(F)(F)F)c1. The van der Waals surface area contributed by atoms with Crippen LogP contribution >= 0.6 is 0 Å². The first-order valence-corrected chi connectivity index (χ1v) is 5.88. The smallest absolute Gasteiger partial charge is 0.419 e. The lowest BCUT2D eigenvalue weighted by atomic mass is 10.0. The Bertz CT molecular complexity index is 643.